The van der Waals surface area contributed by atoms with Crippen LogP contribution in [0.5, 0.6) is 0 Å². The van der Waals surface area contributed by atoms with Gasteiger partial charge in [-0.2, -0.15) is 0 Å². The van der Waals surface area contributed by atoms with Crippen LogP contribution in [0.2, 0.25) is 0 Å². The van der Waals surface area contributed by atoms with Gasteiger partial charge in [0.15, 0.2) is 0 Å². The van der Waals surface area contributed by atoms with E-state index in [1.165, 1.54) is 36.1 Å². The second-order valence-corrected chi connectivity index (χ2v) is 9.63. The van der Waals surface area contributed by atoms with E-state index in [0.29, 0.717) is 29.9 Å². The normalized spacial score (nSPS) is 11.2. The van der Waals surface area contributed by atoms with Crippen molar-refractivity contribution in [2.45, 2.75) is 18.2 Å². The minimum absolute atomic E-state index is 0.0900. The van der Waals surface area contributed by atoms with Gasteiger partial charge in [-0.15, -0.1) is 11.3 Å². The van der Waals surface area contributed by atoms with Crippen LogP contribution in [0.15, 0.2) is 70.9 Å². The smallest absolute Gasteiger partial charge is 0.255 e. The molecule has 2 N–H and O–H groups in total. The highest BCUT2D eigenvalue weighted by atomic mass is 32.2. The van der Waals surface area contributed by atoms with Gasteiger partial charge >= 0.3 is 0 Å². The van der Waals surface area contributed by atoms with E-state index in [1.54, 1.807) is 42.6 Å². The van der Waals surface area contributed by atoms with Crippen molar-refractivity contribution in [2.75, 3.05) is 23.8 Å². The zero-order chi connectivity index (χ0) is 22.4. The molecule has 0 spiro atoms. The van der Waals surface area contributed by atoms with Gasteiger partial charge in [0.25, 0.3) is 5.91 Å². The molecule has 0 saturated carbocycles. The number of anilines is 2. The van der Waals surface area contributed by atoms with Crippen LogP contribution in [0.1, 0.15) is 22.2 Å². The van der Waals surface area contributed by atoms with E-state index in [9.17, 15) is 18.0 Å². The fraction of sp³-hybridized carbons (Fsp3) is 0.182. The molecular weight excluding hydrogens is 434 g/mol. The second kappa shape index (κ2) is 9.86. The molecule has 31 heavy (non-hydrogen) atoms. The molecule has 3 aromatic rings. The van der Waals surface area contributed by atoms with Gasteiger partial charge in [-0.25, -0.2) is 13.1 Å². The lowest BCUT2D eigenvalue weighted by molar-refractivity contribution is -0.116. The maximum atomic E-state index is 12.5. The van der Waals surface area contributed by atoms with Crippen LogP contribution in [0.25, 0.3) is 0 Å². The number of thiophene rings is 1. The van der Waals surface area contributed by atoms with Crippen molar-refractivity contribution in [3.63, 3.8) is 0 Å². The Labute approximate surface area is 185 Å². The van der Waals surface area contributed by atoms with Crippen LogP contribution in [0.4, 0.5) is 11.4 Å². The number of rotatable bonds is 8. The Morgan fingerprint density at radius 3 is 2.26 bits per heavy atom. The fourth-order valence-electron chi connectivity index (χ4n) is 2.79. The Balaban J connectivity index is 1.59. The molecule has 3 rings (SSSR count). The quantitative estimate of drug-likeness (QED) is 0.541. The number of sulfonamides is 1. The predicted octanol–water partition coefficient (Wildman–Crippen LogP) is 3.50. The van der Waals surface area contributed by atoms with E-state index in [2.05, 4.69) is 10.0 Å². The molecular formula is C22H23N3O4S2. The Bertz CT molecular complexity index is 1140. The zero-order valence-electron chi connectivity index (χ0n) is 17.2. The lowest BCUT2D eigenvalue weighted by atomic mass is 10.2. The van der Waals surface area contributed by atoms with E-state index in [0.717, 1.165) is 4.88 Å². The second-order valence-electron chi connectivity index (χ2n) is 6.83. The molecule has 0 aliphatic heterocycles. The summed E-state index contributed by atoms with van der Waals surface area (Å²) in [7, 11) is -1.97. The topological polar surface area (TPSA) is 95.6 Å². The summed E-state index contributed by atoms with van der Waals surface area (Å²) in [6, 6.07) is 16.5. The number of carbonyl (C=O) groups is 2. The van der Waals surface area contributed by atoms with Crippen LogP contribution in [0.3, 0.4) is 0 Å². The number of hydrogen-bond donors (Lipinski definition) is 2. The maximum Gasteiger partial charge on any atom is 0.255 e. The van der Waals surface area contributed by atoms with Gasteiger partial charge in [0, 0.05) is 42.3 Å². The summed E-state index contributed by atoms with van der Waals surface area (Å²) in [4.78, 5) is 26.6. The van der Waals surface area contributed by atoms with E-state index >= 15 is 0 Å². The summed E-state index contributed by atoms with van der Waals surface area (Å²) in [6.45, 7) is 1.78. The van der Waals surface area contributed by atoms with Gasteiger partial charge < -0.3 is 10.2 Å². The lowest BCUT2D eigenvalue weighted by Gasteiger charge is -2.15. The molecule has 1 aromatic heterocycles. The summed E-state index contributed by atoms with van der Waals surface area (Å²) >= 11 is 1.58. The first-order chi connectivity index (χ1) is 14.8. The summed E-state index contributed by atoms with van der Waals surface area (Å²) in [6.07, 6.45) is 0.623. The Hall–Kier alpha value is -3.01. The highest BCUT2D eigenvalue weighted by Gasteiger charge is 2.15. The van der Waals surface area contributed by atoms with Crippen LogP contribution in [0, 0.1) is 0 Å². The third-order valence-electron chi connectivity index (χ3n) is 4.66. The summed E-state index contributed by atoms with van der Waals surface area (Å²) in [5.41, 5.74) is 1.62. The number of nitrogens with zero attached hydrogens (tertiary/aromatic N) is 1. The SMILES string of the molecule is CC(=O)N(C)c1ccc(NC(=O)c2ccc(S(=O)(=O)NCCc3cccs3)cc2)cc1. The number of hydrogen-bond acceptors (Lipinski definition) is 5. The average Bonchev–Trinajstić information content (AvgIpc) is 3.27. The van der Waals surface area contributed by atoms with Gasteiger partial charge in [-0.1, -0.05) is 6.07 Å². The number of carbonyl (C=O) groups excluding carboxylic acids is 2. The highest BCUT2D eigenvalue weighted by Crippen LogP contribution is 2.18. The monoisotopic (exact) mass is 457 g/mol. The number of nitrogens with one attached hydrogen (secondary N) is 2. The van der Waals surface area contributed by atoms with E-state index in [1.807, 2.05) is 17.5 Å². The van der Waals surface area contributed by atoms with E-state index < -0.39 is 10.0 Å². The molecule has 0 fully saturated rings. The molecule has 1 heterocycles. The molecule has 0 unspecified atom stereocenters. The molecule has 0 bridgehead atoms. The van der Waals surface area contributed by atoms with Crippen LogP contribution < -0.4 is 14.9 Å². The largest absolute Gasteiger partial charge is 0.322 e. The van der Waals surface area contributed by atoms with Crippen LogP contribution >= 0.6 is 11.3 Å². The lowest BCUT2D eigenvalue weighted by Crippen LogP contribution is -2.26. The van der Waals surface area contributed by atoms with Crippen molar-refractivity contribution in [1.82, 2.24) is 4.72 Å². The summed E-state index contributed by atoms with van der Waals surface area (Å²) in [5, 5.41) is 4.71. The van der Waals surface area contributed by atoms with Gasteiger partial charge in [0.05, 0.1) is 4.90 Å². The molecule has 0 aliphatic rings. The average molecular weight is 458 g/mol. The highest BCUT2D eigenvalue weighted by molar-refractivity contribution is 7.89. The maximum absolute atomic E-state index is 12.5. The fourth-order valence-corrected chi connectivity index (χ4v) is 4.53. The van der Waals surface area contributed by atoms with Crippen molar-refractivity contribution >= 4 is 44.5 Å². The van der Waals surface area contributed by atoms with Crippen molar-refractivity contribution in [1.29, 1.82) is 0 Å². The summed E-state index contributed by atoms with van der Waals surface area (Å²) < 4.78 is 27.4. The van der Waals surface area contributed by atoms with Crippen molar-refractivity contribution < 1.29 is 18.0 Å². The first-order valence-electron chi connectivity index (χ1n) is 9.54. The molecule has 2 aromatic carbocycles. The van der Waals surface area contributed by atoms with Gasteiger partial charge in [0.1, 0.15) is 0 Å². The molecule has 9 heteroatoms. The van der Waals surface area contributed by atoms with Crippen LogP contribution in [-0.2, 0) is 21.2 Å². The molecule has 0 saturated heterocycles. The Morgan fingerprint density at radius 1 is 1.00 bits per heavy atom. The molecule has 162 valence electrons. The van der Waals surface area contributed by atoms with E-state index in [-0.39, 0.29) is 16.7 Å². The van der Waals surface area contributed by atoms with Crippen molar-refractivity contribution in [3.05, 3.63) is 76.5 Å². The minimum atomic E-state index is -3.64. The van der Waals surface area contributed by atoms with Gasteiger partial charge in [-0.3, -0.25) is 9.59 Å². The van der Waals surface area contributed by atoms with Crippen molar-refractivity contribution in [3.8, 4) is 0 Å². The summed E-state index contributed by atoms with van der Waals surface area (Å²) in [5.74, 6) is -0.449. The standard InChI is InChI=1S/C22H23N3O4S2/c1-16(26)25(2)19-9-7-18(8-10-19)24-22(27)17-5-11-21(12-6-17)31(28,29)23-14-13-20-4-3-15-30-20/h3-12,15,23H,13-14H2,1-2H3,(H,24,27). The van der Waals surface area contributed by atoms with Crippen LogP contribution in [-0.4, -0.2) is 33.8 Å². The predicted molar refractivity (Wildman–Crippen MR) is 123 cm³/mol. The number of amides is 2. The first-order valence-corrected chi connectivity index (χ1v) is 11.9. The first kappa shape index (κ1) is 22.7. The molecule has 2 amide bonds. The molecule has 7 nitrogen and oxygen atoms in total. The molecule has 0 radical (unpaired) electrons. The Morgan fingerprint density at radius 2 is 1.68 bits per heavy atom. The molecule has 0 atom stereocenters. The number of benzene rings is 2. The van der Waals surface area contributed by atoms with Crippen molar-refractivity contribution in [2.24, 2.45) is 0 Å². The third kappa shape index (κ3) is 6.00. The molecule has 0 aliphatic carbocycles. The third-order valence-corrected chi connectivity index (χ3v) is 7.07. The van der Waals surface area contributed by atoms with Gasteiger partial charge in [-0.05, 0) is 66.4 Å². The van der Waals surface area contributed by atoms with E-state index in [4.69, 9.17) is 0 Å². The van der Waals surface area contributed by atoms with Gasteiger partial charge in [0.2, 0.25) is 15.9 Å². The zero-order valence-corrected chi connectivity index (χ0v) is 18.8. The minimum Gasteiger partial charge on any atom is -0.322 e. The Kier molecular flexibility index (Phi) is 7.21.